The predicted octanol–water partition coefficient (Wildman–Crippen LogP) is 3.96. The highest BCUT2D eigenvalue weighted by atomic mass is 32.1. The number of hydrogen-bond donors (Lipinski definition) is 0. The number of ether oxygens (including phenoxy) is 2. The third-order valence-corrected chi connectivity index (χ3v) is 5.49. The zero-order valence-electron chi connectivity index (χ0n) is 15.1. The summed E-state index contributed by atoms with van der Waals surface area (Å²) in [4.78, 5) is 17.8. The summed E-state index contributed by atoms with van der Waals surface area (Å²) < 4.78 is 14.2. The Labute approximate surface area is 161 Å². The van der Waals surface area contributed by atoms with Crippen LogP contribution in [0.4, 0.5) is 0 Å². The van der Waals surface area contributed by atoms with Crippen molar-refractivity contribution in [2.75, 3.05) is 13.2 Å². The summed E-state index contributed by atoms with van der Waals surface area (Å²) in [7, 11) is 0. The molecule has 2 aromatic carbocycles. The Morgan fingerprint density at radius 1 is 1.22 bits per heavy atom. The van der Waals surface area contributed by atoms with Crippen LogP contribution in [0.3, 0.4) is 0 Å². The standard InChI is InChI=1S/C21H20N2O3S/c1-3-9-23-16-7-5-14(4-2)12-19(16)27-21(23)22-20(24)15-6-8-17-18(13-15)26-11-10-25-17/h3,5-8,12-13H,1,4,9-11H2,2H3. The number of nitrogens with zero attached hydrogens (tertiary/aromatic N) is 2. The van der Waals surface area contributed by atoms with Gasteiger partial charge in [0.1, 0.15) is 13.2 Å². The van der Waals surface area contributed by atoms with Gasteiger partial charge in [0, 0.05) is 12.1 Å². The van der Waals surface area contributed by atoms with Gasteiger partial charge in [-0.25, -0.2) is 0 Å². The Bertz CT molecular complexity index is 1090. The van der Waals surface area contributed by atoms with Crippen LogP contribution >= 0.6 is 11.3 Å². The van der Waals surface area contributed by atoms with Gasteiger partial charge in [-0.05, 0) is 42.3 Å². The number of aryl methyl sites for hydroxylation is 1. The number of carbonyl (C=O) groups excluding carboxylic acids is 1. The van der Waals surface area contributed by atoms with E-state index in [4.69, 9.17) is 9.47 Å². The minimum atomic E-state index is -0.299. The first-order valence-corrected chi connectivity index (χ1v) is 9.73. The van der Waals surface area contributed by atoms with Gasteiger partial charge in [0.05, 0.1) is 10.2 Å². The van der Waals surface area contributed by atoms with Crippen molar-refractivity contribution in [1.29, 1.82) is 0 Å². The van der Waals surface area contributed by atoms with Gasteiger partial charge in [0.25, 0.3) is 5.91 Å². The monoisotopic (exact) mass is 380 g/mol. The summed E-state index contributed by atoms with van der Waals surface area (Å²) in [5.41, 5.74) is 2.81. The summed E-state index contributed by atoms with van der Waals surface area (Å²) in [6, 6.07) is 11.5. The summed E-state index contributed by atoms with van der Waals surface area (Å²) in [6.45, 7) is 7.56. The molecule has 0 N–H and O–H groups in total. The van der Waals surface area contributed by atoms with Crippen molar-refractivity contribution in [2.24, 2.45) is 4.99 Å². The molecule has 0 radical (unpaired) electrons. The normalized spacial score (nSPS) is 13.7. The zero-order valence-corrected chi connectivity index (χ0v) is 15.9. The van der Waals surface area contributed by atoms with Crippen LogP contribution in [0.15, 0.2) is 54.0 Å². The molecule has 1 aliphatic heterocycles. The highest BCUT2D eigenvalue weighted by Crippen LogP contribution is 2.31. The number of allylic oxidation sites excluding steroid dienone is 1. The first kappa shape index (κ1) is 17.5. The van der Waals surface area contributed by atoms with Crippen LogP contribution in [-0.2, 0) is 13.0 Å². The molecule has 27 heavy (non-hydrogen) atoms. The Hall–Kier alpha value is -2.86. The van der Waals surface area contributed by atoms with E-state index in [-0.39, 0.29) is 5.91 Å². The van der Waals surface area contributed by atoms with Gasteiger partial charge < -0.3 is 14.0 Å². The molecule has 0 bridgehead atoms. The lowest BCUT2D eigenvalue weighted by molar-refractivity contribution is 0.0996. The van der Waals surface area contributed by atoms with Crippen molar-refractivity contribution in [2.45, 2.75) is 19.9 Å². The number of hydrogen-bond acceptors (Lipinski definition) is 4. The number of aromatic nitrogens is 1. The largest absolute Gasteiger partial charge is 0.486 e. The molecule has 0 spiro atoms. The maximum absolute atomic E-state index is 12.8. The van der Waals surface area contributed by atoms with Crippen LogP contribution in [0.5, 0.6) is 11.5 Å². The molecule has 1 aromatic heterocycles. The first-order valence-electron chi connectivity index (χ1n) is 8.91. The molecule has 138 valence electrons. The lowest BCUT2D eigenvalue weighted by Gasteiger charge is -2.18. The molecule has 4 rings (SSSR count). The molecule has 3 aromatic rings. The van der Waals surface area contributed by atoms with Gasteiger partial charge in [0.15, 0.2) is 16.3 Å². The second-order valence-corrected chi connectivity index (χ2v) is 7.22. The Morgan fingerprint density at radius 2 is 2.04 bits per heavy atom. The van der Waals surface area contributed by atoms with Crippen LogP contribution in [0.2, 0.25) is 0 Å². The van der Waals surface area contributed by atoms with E-state index in [0.717, 1.165) is 16.6 Å². The molecule has 0 saturated carbocycles. The summed E-state index contributed by atoms with van der Waals surface area (Å²) in [5, 5.41) is 0. The summed E-state index contributed by atoms with van der Waals surface area (Å²) in [5.74, 6) is 0.950. The fraction of sp³-hybridized carbons (Fsp3) is 0.238. The van der Waals surface area contributed by atoms with Crippen LogP contribution in [0.25, 0.3) is 10.2 Å². The van der Waals surface area contributed by atoms with E-state index in [1.54, 1.807) is 18.2 Å². The molecule has 2 heterocycles. The van der Waals surface area contributed by atoms with Crippen molar-refractivity contribution in [3.63, 3.8) is 0 Å². The van der Waals surface area contributed by atoms with Crippen LogP contribution < -0.4 is 14.3 Å². The maximum Gasteiger partial charge on any atom is 0.279 e. The quantitative estimate of drug-likeness (QED) is 0.644. The van der Waals surface area contributed by atoms with Crippen LogP contribution in [0.1, 0.15) is 22.8 Å². The minimum Gasteiger partial charge on any atom is -0.486 e. The Morgan fingerprint density at radius 3 is 2.81 bits per heavy atom. The lowest BCUT2D eigenvalue weighted by Crippen LogP contribution is -2.17. The van der Waals surface area contributed by atoms with E-state index in [1.165, 1.54) is 16.9 Å². The molecular formula is C21H20N2O3S. The summed E-state index contributed by atoms with van der Waals surface area (Å²) in [6.07, 6.45) is 2.78. The van der Waals surface area contributed by atoms with Gasteiger partial charge in [-0.2, -0.15) is 4.99 Å². The third kappa shape index (κ3) is 3.40. The average Bonchev–Trinajstić information content (AvgIpc) is 3.04. The second kappa shape index (κ2) is 7.40. The number of benzene rings is 2. The van der Waals surface area contributed by atoms with E-state index >= 15 is 0 Å². The molecule has 6 heteroatoms. The number of carbonyl (C=O) groups is 1. The van der Waals surface area contributed by atoms with E-state index in [2.05, 4.69) is 36.7 Å². The Balaban J connectivity index is 1.78. The highest BCUT2D eigenvalue weighted by molar-refractivity contribution is 7.16. The first-order chi connectivity index (χ1) is 13.2. The van der Waals surface area contributed by atoms with E-state index in [1.807, 2.05) is 10.6 Å². The van der Waals surface area contributed by atoms with Gasteiger partial charge in [-0.1, -0.05) is 30.4 Å². The van der Waals surface area contributed by atoms with E-state index in [0.29, 0.717) is 41.6 Å². The van der Waals surface area contributed by atoms with Crippen molar-refractivity contribution >= 4 is 27.5 Å². The highest BCUT2D eigenvalue weighted by Gasteiger charge is 2.15. The zero-order chi connectivity index (χ0) is 18.8. The maximum atomic E-state index is 12.8. The van der Waals surface area contributed by atoms with Gasteiger partial charge in [-0.3, -0.25) is 4.79 Å². The molecule has 5 nitrogen and oxygen atoms in total. The SMILES string of the molecule is C=CCn1c(=NC(=O)c2ccc3c(c2)OCCO3)sc2cc(CC)ccc21. The molecular weight excluding hydrogens is 360 g/mol. The predicted molar refractivity (Wildman–Crippen MR) is 107 cm³/mol. The minimum absolute atomic E-state index is 0.299. The number of thiazole rings is 1. The molecule has 1 amide bonds. The van der Waals surface area contributed by atoms with Crippen molar-refractivity contribution in [3.05, 3.63) is 65.0 Å². The van der Waals surface area contributed by atoms with Crippen LogP contribution in [0, 0.1) is 0 Å². The fourth-order valence-electron chi connectivity index (χ4n) is 3.06. The molecule has 0 atom stereocenters. The lowest BCUT2D eigenvalue weighted by atomic mass is 10.2. The topological polar surface area (TPSA) is 52.8 Å². The molecule has 1 aliphatic rings. The molecule has 0 saturated heterocycles. The van der Waals surface area contributed by atoms with Crippen LogP contribution in [-0.4, -0.2) is 23.7 Å². The fourth-order valence-corrected chi connectivity index (χ4v) is 4.16. The summed E-state index contributed by atoms with van der Waals surface area (Å²) >= 11 is 1.52. The van der Waals surface area contributed by atoms with Gasteiger partial charge >= 0.3 is 0 Å². The Kier molecular flexibility index (Phi) is 4.81. The van der Waals surface area contributed by atoms with Gasteiger partial charge in [-0.15, -0.1) is 6.58 Å². The molecule has 0 unspecified atom stereocenters. The smallest absolute Gasteiger partial charge is 0.279 e. The van der Waals surface area contributed by atoms with Gasteiger partial charge in [0.2, 0.25) is 0 Å². The number of amides is 1. The third-order valence-electron chi connectivity index (χ3n) is 4.45. The van der Waals surface area contributed by atoms with Crippen molar-refractivity contribution in [1.82, 2.24) is 4.57 Å². The van der Waals surface area contributed by atoms with E-state index < -0.39 is 0 Å². The second-order valence-electron chi connectivity index (χ2n) is 6.21. The molecule has 0 aliphatic carbocycles. The number of fused-ring (bicyclic) bond motifs is 2. The average molecular weight is 380 g/mol. The van der Waals surface area contributed by atoms with E-state index in [9.17, 15) is 4.79 Å². The van der Waals surface area contributed by atoms with Crippen molar-refractivity contribution in [3.8, 4) is 11.5 Å². The number of rotatable bonds is 4. The molecule has 0 fully saturated rings. The van der Waals surface area contributed by atoms with Crippen molar-refractivity contribution < 1.29 is 14.3 Å².